The molecule has 3 saturated carbocycles. The Labute approximate surface area is 164 Å². The fourth-order valence-corrected chi connectivity index (χ4v) is 5.35. The molecule has 0 aromatic rings. The molecule has 154 valence electrons. The van der Waals surface area contributed by atoms with Gasteiger partial charge in [-0.25, -0.2) is 0 Å². The van der Waals surface area contributed by atoms with Crippen molar-refractivity contribution in [2.24, 2.45) is 17.3 Å². The molecule has 0 heterocycles. The summed E-state index contributed by atoms with van der Waals surface area (Å²) < 4.78 is 5.37. The van der Waals surface area contributed by atoms with E-state index in [2.05, 4.69) is 19.2 Å². The highest BCUT2D eigenvalue weighted by Gasteiger charge is 2.51. The molecule has 5 heteroatoms. The van der Waals surface area contributed by atoms with E-state index in [0.29, 0.717) is 23.3 Å². The van der Waals surface area contributed by atoms with Crippen LogP contribution in [0.4, 0.5) is 0 Å². The minimum Gasteiger partial charge on any atom is -0.372 e. The van der Waals surface area contributed by atoms with Crippen molar-refractivity contribution in [1.29, 1.82) is 0 Å². The summed E-state index contributed by atoms with van der Waals surface area (Å²) in [5.41, 5.74) is 0.553. The third-order valence-electron chi connectivity index (χ3n) is 7.32. The highest BCUT2D eigenvalue weighted by Crippen LogP contribution is 2.59. The Bertz CT molecular complexity index is 528. The maximum atomic E-state index is 12.8. The Kier molecular flexibility index (Phi) is 6.50. The second-order valence-electron chi connectivity index (χ2n) is 9.78. The normalized spacial score (nSPS) is 28.3. The number of hydrogen-bond acceptors (Lipinski definition) is 3. The molecule has 1 spiro atoms. The molecule has 0 aromatic carbocycles. The van der Waals surface area contributed by atoms with Crippen LogP contribution in [0.15, 0.2) is 0 Å². The minimum absolute atomic E-state index is 0.0133. The monoisotopic (exact) mass is 378 g/mol. The zero-order valence-electron chi connectivity index (χ0n) is 17.6. The molecule has 0 aliphatic heterocycles. The van der Waals surface area contributed by atoms with Gasteiger partial charge in [0.05, 0.1) is 0 Å². The lowest BCUT2D eigenvalue weighted by atomic mass is 9.51. The first kappa shape index (κ1) is 20.6. The van der Waals surface area contributed by atoms with Gasteiger partial charge in [-0.3, -0.25) is 9.59 Å². The van der Waals surface area contributed by atoms with Gasteiger partial charge in [-0.1, -0.05) is 20.3 Å². The van der Waals surface area contributed by atoms with Crippen molar-refractivity contribution in [3.8, 4) is 0 Å². The van der Waals surface area contributed by atoms with Crippen LogP contribution < -0.4 is 5.32 Å². The van der Waals surface area contributed by atoms with Crippen LogP contribution in [0.1, 0.15) is 78.1 Å². The van der Waals surface area contributed by atoms with E-state index in [1.165, 1.54) is 19.3 Å². The van der Waals surface area contributed by atoms with Crippen molar-refractivity contribution >= 4 is 11.8 Å². The average Bonchev–Trinajstić information content (AvgIpc) is 2.56. The van der Waals surface area contributed by atoms with Gasteiger partial charge in [0, 0.05) is 32.2 Å². The third-order valence-corrected chi connectivity index (χ3v) is 7.32. The van der Waals surface area contributed by atoms with Crippen molar-refractivity contribution in [2.75, 3.05) is 14.2 Å². The molecule has 1 atom stereocenters. The smallest absolute Gasteiger partial charge is 0.249 e. The lowest BCUT2D eigenvalue weighted by Gasteiger charge is -2.54. The fourth-order valence-electron chi connectivity index (χ4n) is 5.35. The Morgan fingerprint density at radius 3 is 2.26 bits per heavy atom. The van der Waals surface area contributed by atoms with E-state index < -0.39 is 0 Å². The van der Waals surface area contributed by atoms with Gasteiger partial charge in [-0.15, -0.1) is 0 Å². The maximum Gasteiger partial charge on any atom is 0.249 e. The Morgan fingerprint density at radius 2 is 1.78 bits per heavy atom. The van der Waals surface area contributed by atoms with E-state index in [9.17, 15) is 9.59 Å². The number of carbonyl (C=O) groups excluding carboxylic acids is 2. The van der Waals surface area contributed by atoms with Gasteiger partial charge in [0.15, 0.2) is 0 Å². The number of ether oxygens (including phenoxy) is 1. The van der Waals surface area contributed by atoms with E-state index in [-0.39, 0.29) is 24.0 Å². The first-order valence-electron chi connectivity index (χ1n) is 10.9. The van der Waals surface area contributed by atoms with Crippen molar-refractivity contribution in [2.45, 2.75) is 96.2 Å². The number of hydrogen-bond donors (Lipinski definition) is 1. The second-order valence-corrected chi connectivity index (χ2v) is 9.78. The molecule has 5 nitrogen and oxygen atoms in total. The van der Waals surface area contributed by atoms with Gasteiger partial charge in [0.1, 0.15) is 6.10 Å². The molecule has 27 heavy (non-hydrogen) atoms. The topological polar surface area (TPSA) is 58.6 Å². The van der Waals surface area contributed by atoms with Crippen molar-refractivity contribution in [3.05, 3.63) is 0 Å². The van der Waals surface area contributed by atoms with Gasteiger partial charge in [-0.2, -0.15) is 0 Å². The number of nitrogens with zero attached hydrogens (tertiary/aromatic N) is 1. The van der Waals surface area contributed by atoms with Crippen LogP contribution in [-0.2, 0) is 14.3 Å². The van der Waals surface area contributed by atoms with Gasteiger partial charge in [0.25, 0.3) is 0 Å². The van der Waals surface area contributed by atoms with Crippen LogP contribution in [-0.4, -0.2) is 49.1 Å². The summed E-state index contributed by atoms with van der Waals surface area (Å²) in [4.78, 5) is 27.2. The fraction of sp³-hybridized carbons (Fsp3) is 0.909. The van der Waals surface area contributed by atoms with E-state index in [1.807, 2.05) is 11.9 Å². The third kappa shape index (κ3) is 4.67. The van der Waals surface area contributed by atoms with E-state index in [1.54, 1.807) is 7.11 Å². The molecule has 0 saturated heterocycles. The first-order valence-corrected chi connectivity index (χ1v) is 10.9. The zero-order valence-corrected chi connectivity index (χ0v) is 17.6. The zero-order chi connectivity index (χ0) is 19.6. The quantitative estimate of drug-likeness (QED) is 0.737. The summed E-state index contributed by atoms with van der Waals surface area (Å²) in [5, 5.41) is 3.17. The summed E-state index contributed by atoms with van der Waals surface area (Å²) in [6, 6.07) is 0.543. The molecular weight excluding hydrogens is 340 g/mol. The molecule has 3 aliphatic carbocycles. The average molecular weight is 379 g/mol. The standard InChI is InChI=1S/C22H38N2O3/c1-15(2)12-19(27-4)20(25)23-17-6-8-18(9-7-17)24(3)21(26)16-13-22(14-16)10-5-11-22/h15-19H,5-14H2,1-4H3,(H,23,25). The molecule has 0 bridgehead atoms. The SMILES string of the molecule is COC(CC(C)C)C(=O)NC1CCC(N(C)C(=O)C2CC3(CCC3)C2)CC1. The highest BCUT2D eigenvalue weighted by molar-refractivity contribution is 5.81. The van der Waals surface area contributed by atoms with E-state index >= 15 is 0 Å². The van der Waals surface area contributed by atoms with Crippen LogP contribution in [0.3, 0.4) is 0 Å². The van der Waals surface area contributed by atoms with E-state index in [0.717, 1.165) is 44.9 Å². The summed E-state index contributed by atoms with van der Waals surface area (Å²) in [6.45, 7) is 4.21. The highest BCUT2D eigenvalue weighted by atomic mass is 16.5. The number of methoxy groups -OCH3 is 1. The van der Waals surface area contributed by atoms with E-state index in [4.69, 9.17) is 4.74 Å². The van der Waals surface area contributed by atoms with Crippen LogP contribution in [0.25, 0.3) is 0 Å². The molecule has 2 amide bonds. The molecule has 3 fully saturated rings. The molecule has 1 unspecified atom stereocenters. The lowest BCUT2D eigenvalue weighted by Crippen LogP contribution is -2.52. The largest absolute Gasteiger partial charge is 0.372 e. The molecule has 3 aliphatic rings. The van der Waals surface area contributed by atoms with Crippen molar-refractivity contribution in [1.82, 2.24) is 10.2 Å². The lowest BCUT2D eigenvalue weighted by molar-refractivity contribution is -0.149. The van der Waals surface area contributed by atoms with Crippen LogP contribution in [0.2, 0.25) is 0 Å². The maximum absolute atomic E-state index is 12.8. The van der Waals surface area contributed by atoms with Crippen LogP contribution >= 0.6 is 0 Å². The van der Waals surface area contributed by atoms with Gasteiger partial charge in [-0.05, 0) is 69.1 Å². The predicted molar refractivity (Wildman–Crippen MR) is 106 cm³/mol. The van der Waals surface area contributed by atoms with Gasteiger partial charge in [0.2, 0.25) is 11.8 Å². The molecule has 0 aromatic heterocycles. The predicted octanol–water partition coefficient (Wildman–Crippen LogP) is 3.51. The van der Waals surface area contributed by atoms with Crippen LogP contribution in [0, 0.1) is 17.3 Å². The minimum atomic E-state index is -0.357. The van der Waals surface area contributed by atoms with Crippen molar-refractivity contribution in [3.63, 3.8) is 0 Å². The summed E-state index contributed by atoms with van der Waals surface area (Å²) in [5.74, 6) is 1.07. The first-order chi connectivity index (χ1) is 12.8. The van der Waals surface area contributed by atoms with Gasteiger partial charge < -0.3 is 15.0 Å². The van der Waals surface area contributed by atoms with Gasteiger partial charge >= 0.3 is 0 Å². The van der Waals surface area contributed by atoms with Crippen LogP contribution in [0.5, 0.6) is 0 Å². The summed E-state index contributed by atoms with van der Waals surface area (Å²) >= 11 is 0. The Balaban J connectivity index is 1.40. The second kappa shape index (κ2) is 8.50. The molecule has 1 N–H and O–H groups in total. The number of nitrogens with one attached hydrogen (secondary N) is 1. The summed E-state index contributed by atoms with van der Waals surface area (Å²) in [7, 11) is 3.60. The molecule has 0 radical (unpaired) electrons. The summed E-state index contributed by atoms with van der Waals surface area (Å²) in [6.07, 6.45) is 10.5. The molecular formula is C22H38N2O3. The molecule has 3 rings (SSSR count). The van der Waals surface area contributed by atoms with Crippen molar-refractivity contribution < 1.29 is 14.3 Å². The Hall–Kier alpha value is -1.10. The number of rotatable bonds is 7. The number of amides is 2. The number of carbonyl (C=O) groups is 2. The Morgan fingerprint density at radius 1 is 1.15 bits per heavy atom.